The average molecular weight is 375 g/mol. The number of hydrogen-bond acceptors (Lipinski definition) is 3. The Labute approximate surface area is 134 Å². The smallest absolute Gasteiger partial charge is 0.335 e. The van der Waals surface area contributed by atoms with Crippen LogP contribution in [-0.4, -0.2) is 23.0 Å². The second-order valence-electron chi connectivity index (χ2n) is 4.49. The molecular weight excluding hydrogens is 362 g/mol. The number of halogens is 2. The molecule has 3 nitrogen and oxygen atoms in total. The van der Waals surface area contributed by atoms with E-state index in [-0.39, 0.29) is 5.56 Å². The van der Waals surface area contributed by atoms with Crippen molar-refractivity contribution >= 4 is 44.8 Å². The summed E-state index contributed by atoms with van der Waals surface area (Å²) in [6, 6.07) is 9.01. The highest BCUT2D eigenvalue weighted by molar-refractivity contribution is 9.10. The molecule has 0 radical (unpaired) electrons. The van der Waals surface area contributed by atoms with Crippen LogP contribution >= 0.6 is 38.9 Å². The molecule has 0 aliphatic heterocycles. The summed E-state index contributed by atoms with van der Waals surface area (Å²) in [6.45, 7) is 1.54. The summed E-state index contributed by atoms with van der Waals surface area (Å²) >= 11 is 10.9. The molecule has 2 rings (SSSR count). The summed E-state index contributed by atoms with van der Waals surface area (Å²) < 4.78 is 1.61. The van der Waals surface area contributed by atoms with Crippen LogP contribution < -0.4 is 0 Å². The third-order valence-electron chi connectivity index (χ3n) is 2.79. The Kier molecular flexibility index (Phi) is 5.21. The molecule has 1 heterocycles. The first kappa shape index (κ1) is 15.5. The number of carboxylic acids is 1. The number of aromatic carboxylic acids is 1. The van der Waals surface area contributed by atoms with Gasteiger partial charge < -0.3 is 5.11 Å². The lowest BCUT2D eigenvalue weighted by atomic mass is 10.1. The van der Waals surface area contributed by atoms with Gasteiger partial charge in [-0.2, -0.15) is 0 Å². The summed E-state index contributed by atoms with van der Waals surface area (Å²) in [5.74, 6) is -0.918. The third-order valence-corrected chi connectivity index (χ3v) is 4.75. The zero-order valence-corrected chi connectivity index (χ0v) is 13.9. The van der Waals surface area contributed by atoms with Crippen LogP contribution in [-0.2, 0) is 13.1 Å². The van der Waals surface area contributed by atoms with Gasteiger partial charge in [-0.15, -0.1) is 11.3 Å². The van der Waals surface area contributed by atoms with Gasteiger partial charge >= 0.3 is 5.97 Å². The van der Waals surface area contributed by atoms with Crippen molar-refractivity contribution in [2.75, 3.05) is 7.05 Å². The zero-order chi connectivity index (χ0) is 14.7. The molecule has 0 bridgehead atoms. The standard InChI is InChI=1S/C14H13BrClNO2S/c1-17(8-11-4-5-13(16)20-11)7-10-3-2-9(14(18)19)6-12(10)15/h2-6H,7-8H2,1H3,(H,18,19). The molecule has 0 fully saturated rings. The SMILES string of the molecule is CN(Cc1ccc(Cl)s1)Cc1ccc(C(=O)O)cc1Br. The summed E-state index contributed by atoms with van der Waals surface area (Å²) in [4.78, 5) is 14.2. The molecule has 0 aliphatic rings. The van der Waals surface area contributed by atoms with Crippen molar-refractivity contribution in [1.82, 2.24) is 4.90 Å². The van der Waals surface area contributed by atoms with Crippen molar-refractivity contribution in [2.24, 2.45) is 0 Å². The normalized spacial score (nSPS) is 11.0. The second-order valence-corrected chi connectivity index (χ2v) is 7.14. The van der Waals surface area contributed by atoms with Gasteiger partial charge in [0.2, 0.25) is 0 Å². The minimum Gasteiger partial charge on any atom is -0.478 e. The Morgan fingerprint density at radius 2 is 2.10 bits per heavy atom. The summed E-state index contributed by atoms with van der Waals surface area (Å²) in [6.07, 6.45) is 0. The third kappa shape index (κ3) is 4.06. The van der Waals surface area contributed by atoms with E-state index in [4.69, 9.17) is 16.7 Å². The molecule has 0 unspecified atom stereocenters. The average Bonchev–Trinajstić information content (AvgIpc) is 2.77. The van der Waals surface area contributed by atoms with Crippen molar-refractivity contribution < 1.29 is 9.90 Å². The van der Waals surface area contributed by atoms with E-state index in [1.807, 2.05) is 25.2 Å². The van der Waals surface area contributed by atoms with Crippen LogP contribution in [0, 0.1) is 0 Å². The van der Waals surface area contributed by atoms with Gasteiger partial charge in [0.25, 0.3) is 0 Å². The highest BCUT2D eigenvalue weighted by Gasteiger charge is 2.09. The molecule has 106 valence electrons. The lowest BCUT2D eigenvalue weighted by Crippen LogP contribution is -2.17. The first-order valence-electron chi connectivity index (χ1n) is 5.90. The van der Waals surface area contributed by atoms with E-state index in [2.05, 4.69) is 20.8 Å². The van der Waals surface area contributed by atoms with Gasteiger partial charge in [0.05, 0.1) is 9.90 Å². The van der Waals surface area contributed by atoms with Gasteiger partial charge in [-0.1, -0.05) is 33.6 Å². The lowest BCUT2D eigenvalue weighted by molar-refractivity contribution is 0.0697. The van der Waals surface area contributed by atoms with Crippen LogP contribution in [0.3, 0.4) is 0 Å². The maximum Gasteiger partial charge on any atom is 0.335 e. The van der Waals surface area contributed by atoms with Gasteiger partial charge in [-0.3, -0.25) is 4.90 Å². The maximum atomic E-state index is 10.9. The van der Waals surface area contributed by atoms with Crippen LogP contribution in [0.15, 0.2) is 34.8 Å². The summed E-state index contributed by atoms with van der Waals surface area (Å²) in [5, 5.41) is 8.94. The van der Waals surface area contributed by atoms with E-state index in [0.717, 1.165) is 27.5 Å². The number of thiophene rings is 1. The number of carboxylic acid groups (broad SMARTS) is 1. The monoisotopic (exact) mass is 373 g/mol. The van der Waals surface area contributed by atoms with Crippen molar-refractivity contribution in [3.05, 3.63) is 55.1 Å². The molecule has 0 amide bonds. The zero-order valence-electron chi connectivity index (χ0n) is 10.8. The second kappa shape index (κ2) is 6.72. The molecule has 0 aliphatic carbocycles. The van der Waals surface area contributed by atoms with Crippen LogP contribution in [0.25, 0.3) is 0 Å². The fourth-order valence-electron chi connectivity index (χ4n) is 1.86. The predicted octanol–water partition coefficient (Wildman–Crippen LogP) is 4.49. The van der Waals surface area contributed by atoms with Crippen LogP contribution in [0.4, 0.5) is 0 Å². The Bertz CT molecular complexity index is 629. The van der Waals surface area contributed by atoms with Crippen molar-refractivity contribution in [3.8, 4) is 0 Å². The van der Waals surface area contributed by atoms with Gasteiger partial charge in [0, 0.05) is 22.4 Å². The maximum absolute atomic E-state index is 10.9. The molecule has 0 saturated carbocycles. The number of carbonyl (C=O) groups is 1. The Hall–Kier alpha value is -0.880. The minimum absolute atomic E-state index is 0.285. The molecule has 20 heavy (non-hydrogen) atoms. The number of hydrogen-bond donors (Lipinski definition) is 1. The van der Waals surface area contributed by atoms with Gasteiger partial charge in [0.15, 0.2) is 0 Å². The highest BCUT2D eigenvalue weighted by atomic mass is 79.9. The lowest BCUT2D eigenvalue weighted by Gasteiger charge is -2.17. The number of nitrogens with zero attached hydrogens (tertiary/aromatic N) is 1. The molecule has 0 saturated heterocycles. The molecule has 1 N–H and O–H groups in total. The highest BCUT2D eigenvalue weighted by Crippen LogP contribution is 2.24. The topological polar surface area (TPSA) is 40.5 Å². The fourth-order valence-corrected chi connectivity index (χ4v) is 3.53. The molecule has 1 aromatic heterocycles. The molecule has 1 aromatic carbocycles. The molecule has 0 spiro atoms. The number of benzene rings is 1. The minimum atomic E-state index is -0.918. The summed E-state index contributed by atoms with van der Waals surface area (Å²) in [5.41, 5.74) is 1.34. The van der Waals surface area contributed by atoms with Crippen molar-refractivity contribution in [2.45, 2.75) is 13.1 Å². The Morgan fingerprint density at radius 3 is 2.65 bits per heavy atom. The Morgan fingerprint density at radius 1 is 1.35 bits per heavy atom. The summed E-state index contributed by atoms with van der Waals surface area (Å²) in [7, 11) is 2.02. The van der Waals surface area contributed by atoms with E-state index in [1.54, 1.807) is 23.5 Å². The van der Waals surface area contributed by atoms with E-state index in [9.17, 15) is 4.79 Å². The van der Waals surface area contributed by atoms with E-state index >= 15 is 0 Å². The van der Waals surface area contributed by atoms with Gasteiger partial charge in [0.1, 0.15) is 0 Å². The molecule has 2 aromatic rings. The first-order valence-corrected chi connectivity index (χ1v) is 7.89. The number of rotatable bonds is 5. The fraction of sp³-hybridized carbons (Fsp3) is 0.214. The van der Waals surface area contributed by atoms with Crippen molar-refractivity contribution in [1.29, 1.82) is 0 Å². The first-order chi connectivity index (χ1) is 9.45. The molecule has 6 heteroatoms. The van der Waals surface area contributed by atoms with Crippen LogP contribution in [0.1, 0.15) is 20.8 Å². The van der Waals surface area contributed by atoms with Crippen molar-refractivity contribution in [3.63, 3.8) is 0 Å². The quantitative estimate of drug-likeness (QED) is 0.838. The van der Waals surface area contributed by atoms with Crippen LogP contribution in [0.5, 0.6) is 0 Å². The van der Waals surface area contributed by atoms with E-state index in [1.165, 1.54) is 4.88 Å². The molecule has 0 atom stereocenters. The van der Waals surface area contributed by atoms with E-state index in [0.29, 0.717) is 0 Å². The predicted molar refractivity (Wildman–Crippen MR) is 85.6 cm³/mol. The molecular formula is C14H13BrClNO2S. The van der Waals surface area contributed by atoms with Gasteiger partial charge in [-0.25, -0.2) is 4.79 Å². The van der Waals surface area contributed by atoms with Crippen LogP contribution in [0.2, 0.25) is 4.34 Å². The Balaban J connectivity index is 2.04. The van der Waals surface area contributed by atoms with E-state index < -0.39 is 5.97 Å². The largest absolute Gasteiger partial charge is 0.478 e. The van der Waals surface area contributed by atoms with Gasteiger partial charge in [-0.05, 0) is 36.9 Å².